The molecule has 0 spiro atoms. The van der Waals surface area contributed by atoms with Gasteiger partial charge in [0.15, 0.2) is 5.75 Å². The topological polar surface area (TPSA) is 127 Å². The minimum absolute atomic E-state index is 0.175. The van der Waals surface area contributed by atoms with Crippen LogP contribution in [0.1, 0.15) is 44.2 Å². The summed E-state index contributed by atoms with van der Waals surface area (Å²) >= 11 is 0. The van der Waals surface area contributed by atoms with Crippen LogP contribution in [0.25, 0.3) is 16.5 Å². The maximum Gasteiger partial charge on any atom is 0.255 e. The smallest absolute Gasteiger partial charge is 0.255 e. The average molecular weight is 529 g/mol. The van der Waals surface area contributed by atoms with Crippen LogP contribution in [-0.2, 0) is 12.6 Å². The fourth-order valence-electron chi connectivity index (χ4n) is 5.50. The number of ether oxygens (including phenoxy) is 1. The number of carbonyl (C=O) groups is 2. The summed E-state index contributed by atoms with van der Waals surface area (Å²) in [6.45, 7) is 4.20. The van der Waals surface area contributed by atoms with E-state index in [9.17, 15) is 14.7 Å². The molecule has 1 aromatic carbocycles. The normalized spacial score (nSPS) is 17.3. The molecule has 0 unspecified atom stereocenters. The molecule has 0 bridgehead atoms. The van der Waals surface area contributed by atoms with Gasteiger partial charge in [0, 0.05) is 57.0 Å². The summed E-state index contributed by atoms with van der Waals surface area (Å²) in [4.78, 5) is 27.5. The van der Waals surface area contributed by atoms with Gasteiger partial charge in [-0.15, -0.1) is 0 Å². The van der Waals surface area contributed by atoms with Crippen molar-refractivity contribution in [2.75, 3.05) is 20.1 Å². The van der Waals surface area contributed by atoms with Crippen molar-refractivity contribution in [2.45, 2.75) is 25.9 Å². The maximum atomic E-state index is 13.6. The van der Waals surface area contributed by atoms with E-state index in [-0.39, 0.29) is 18.4 Å². The lowest BCUT2D eigenvalue weighted by Gasteiger charge is -2.23. The van der Waals surface area contributed by atoms with E-state index in [1.54, 1.807) is 84.0 Å². The van der Waals surface area contributed by atoms with E-state index in [2.05, 4.69) is 15.5 Å². The highest BCUT2D eigenvalue weighted by atomic mass is 16.5. The lowest BCUT2D eigenvalue weighted by Crippen LogP contribution is -2.35. The Bertz CT molecular complexity index is 1770. The van der Waals surface area contributed by atoms with Gasteiger partial charge in [0.25, 0.3) is 11.8 Å². The molecule has 5 heterocycles. The SMILES string of the molecule is CNC(=O)c1c(C)oc2cc(Oc3ccnn4cc(C(=O)N5CC[C@](O)(c6ccnn6C)C5)c(C)c34)ccc12. The summed E-state index contributed by atoms with van der Waals surface area (Å²) in [5, 5.41) is 23.1. The lowest BCUT2D eigenvalue weighted by atomic mass is 9.99. The van der Waals surface area contributed by atoms with E-state index in [0.717, 1.165) is 5.56 Å². The van der Waals surface area contributed by atoms with Crippen LogP contribution in [0, 0.1) is 13.8 Å². The molecule has 0 saturated carbocycles. The number of fused-ring (bicyclic) bond motifs is 2. The number of furan rings is 1. The summed E-state index contributed by atoms with van der Waals surface area (Å²) < 4.78 is 15.3. The van der Waals surface area contributed by atoms with Crippen LogP contribution >= 0.6 is 0 Å². The number of amides is 2. The van der Waals surface area contributed by atoms with Gasteiger partial charge in [-0.25, -0.2) is 4.52 Å². The lowest BCUT2D eigenvalue weighted by molar-refractivity contribution is 0.0351. The Kier molecular flexibility index (Phi) is 5.69. The Labute approximate surface area is 223 Å². The molecule has 2 N–H and O–H groups in total. The molecule has 11 heteroatoms. The number of β-amino-alcohol motifs (C(OH)–C–C–N with tert-alkyl or cyclic N) is 1. The van der Waals surface area contributed by atoms with Crippen LogP contribution in [0.3, 0.4) is 0 Å². The first-order valence-corrected chi connectivity index (χ1v) is 12.6. The Hall–Kier alpha value is -4.64. The van der Waals surface area contributed by atoms with Gasteiger partial charge >= 0.3 is 0 Å². The average Bonchev–Trinajstić information content (AvgIpc) is 3.68. The van der Waals surface area contributed by atoms with Gasteiger partial charge in [-0.2, -0.15) is 10.2 Å². The molecule has 11 nitrogen and oxygen atoms in total. The van der Waals surface area contributed by atoms with Crippen molar-refractivity contribution in [1.29, 1.82) is 0 Å². The molecule has 1 fully saturated rings. The zero-order valence-corrected chi connectivity index (χ0v) is 22.1. The van der Waals surface area contributed by atoms with Gasteiger partial charge in [0.05, 0.1) is 29.6 Å². The zero-order chi connectivity index (χ0) is 27.5. The van der Waals surface area contributed by atoms with E-state index in [1.807, 2.05) is 6.92 Å². The Morgan fingerprint density at radius 3 is 2.69 bits per heavy atom. The molecule has 0 radical (unpaired) electrons. The molecule has 5 aromatic rings. The number of carbonyl (C=O) groups excluding carboxylic acids is 2. The highest BCUT2D eigenvalue weighted by Gasteiger charge is 2.42. The monoisotopic (exact) mass is 528 g/mol. The predicted molar refractivity (Wildman–Crippen MR) is 142 cm³/mol. The second-order valence-electron chi connectivity index (χ2n) is 9.88. The second-order valence-corrected chi connectivity index (χ2v) is 9.88. The second kappa shape index (κ2) is 8.98. The Morgan fingerprint density at radius 2 is 1.95 bits per heavy atom. The number of rotatable bonds is 5. The van der Waals surface area contributed by atoms with Crippen LogP contribution < -0.4 is 10.1 Å². The van der Waals surface area contributed by atoms with Crippen molar-refractivity contribution < 1.29 is 23.8 Å². The van der Waals surface area contributed by atoms with E-state index >= 15 is 0 Å². The highest BCUT2D eigenvalue weighted by Crippen LogP contribution is 2.36. The predicted octanol–water partition coefficient (Wildman–Crippen LogP) is 3.32. The van der Waals surface area contributed by atoms with Crippen LogP contribution in [-0.4, -0.2) is 61.4 Å². The van der Waals surface area contributed by atoms with E-state index in [0.29, 0.717) is 63.5 Å². The number of hydrogen-bond acceptors (Lipinski definition) is 7. The van der Waals surface area contributed by atoms with Gasteiger partial charge in [-0.3, -0.25) is 14.3 Å². The quantitative estimate of drug-likeness (QED) is 0.358. The van der Waals surface area contributed by atoms with Crippen molar-refractivity contribution in [3.63, 3.8) is 0 Å². The fraction of sp³-hybridized carbons (Fsp3) is 0.286. The van der Waals surface area contributed by atoms with Crippen molar-refractivity contribution in [2.24, 2.45) is 7.05 Å². The van der Waals surface area contributed by atoms with E-state index in [4.69, 9.17) is 9.15 Å². The minimum Gasteiger partial charge on any atom is -0.460 e. The molecule has 1 aliphatic rings. The van der Waals surface area contributed by atoms with Gasteiger partial charge in [0.2, 0.25) is 0 Å². The molecular weight excluding hydrogens is 500 g/mol. The molecule has 6 rings (SSSR count). The molecular formula is C28H28N6O5. The van der Waals surface area contributed by atoms with Crippen molar-refractivity contribution in [3.05, 3.63) is 77.1 Å². The van der Waals surface area contributed by atoms with Gasteiger partial charge in [-0.1, -0.05) is 0 Å². The first-order chi connectivity index (χ1) is 18.7. The van der Waals surface area contributed by atoms with Crippen LogP contribution in [0.15, 0.2) is 53.3 Å². The van der Waals surface area contributed by atoms with Crippen molar-refractivity contribution in [3.8, 4) is 11.5 Å². The summed E-state index contributed by atoms with van der Waals surface area (Å²) in [6.07, 6.45) is 5.36. The molecule has 1 saturated heterocycles. The van der Waals surface area contributed by atoms with Crippen molar-refractivity contribution in [1.82, 2.24) is 29.6 Å². The first kappa shape index (κ1) is 24.7. The summed E-state index contributed by atoms with van der Waals surface area (Å²) in [5.41, 5.74) is 2.42. The van der Waals surface area contributed by atoms with Crippen LogP contribution in [0.5, 0.6) is 11.5 Å². The Balaban J connectivity index is 1.30. The van der Waals surface area contributed by atoms with Crippen molar-refractivity contribution >= 4 is 28.3 Å². The fourth-order valence-corrected chi connectivity index (χ4v) is 5.50. The molecule has 200 valence electrons. The number of aryl methyl sites for hydroxylation is 3. The number of aliphatic hydroxyl groups is 1. The van der Waals surface area contributed by atoms with E-state index < -0.39 is 5.60 Å². The molecule has 2 amide bonds. The number of benzene rings is 1. The third kappa shape index (κ3) is 3.93. The third-order valence-corrected chi connectivity index (χ3v) is 7.47. The summed E-state index contributed by atoms with van der Waals surface area (Å²) in [7, 11) is 3.36. The standard InChI is InChI=1S/C28H28N6O5/c1-16-20(27(36)33-12-9-28(37,15-33)23-8-11-30-32(23)4)14-34-25(16)21(7-10-31-34)39-18-5-6-19-22(13-18)38-17(2)24(19)26(35)29-3/h5-8,10-11,13-14,37H,9,12,15H2,1-4H3,(H,29,35)/t28-/m1/s1. The Morgan fingerprint density at radius 1 is 1.15 bits per heavy atom. The minimum atomic E-state index is -1.15. The number of nitrogens with one attached hydrogen (secondary N) is 1. The first-order valence-electron chi connectivity index (χ1n) is 12.6. The molecule has 0 aliphatic carbocycles. The largest absolute Gasteiger partial charge is 0.460 e. The van der Waals surface area contributed by atoms with Crippen LogP contribution in [0.2, 0.25) is 0 Å². The molecule has 39 heavy (non-hydrogen) atoms. The number of likely N-dealkylation sites (tertiary alicyclic amines) is 1. The number of hydrogen-bond donors (Lipinski definition) is 2. The van der Waals surface area contributed by atoms with Gasteiger partial charge < -0.3 is 24.5 Å². The number of nitrogens with zero attached hydrogens (tertiary/aromatic N) is 5. The van der Waals surface area contributed by atoms with E-state index in [1.165, 1.54) is 0 Å². The highest BCUT2D eigenvalue weighted by molar-refractivity contribution is 6.07. The van der Waals surface area contributed by atoms with Gasteiger partial charge in [0.1, 0.15) is 28.2 Å². The van der Waals surface area contributed by atoms with Gasteiger partial charge in [-0.05, 0) is 37.6 Å². The maximum absolute atomic E-state index is 13.6. The zero-order valence-electron chi connectivity index (χ0n) is 22.1. The third-order valence-electron chi connectivity index (χ3n) is 7.47. The molecule has 1 atom stereocenters. The number of aromatic nitrogens is 4. The summed E-state index contributed by atoms with van der Waals surface area (Å²) in [6, 6.07) is 8.82. The molecule has 4 aromatic heterocycles. The molecule has 1 aliphatic heterocycles. The van der Waals surface area contributed by atoms with Crippen LogP contribution in [0.4, 0.5) is 0 Å². The summed E-state index contributed by atoms with van der Waals surface area (Å²) in [5.74, 6) is 1.16.